The third-order valence-electron chi connectivity index (χ3n) is 1.81. The van der Waals surface area contributed by atoms with E-state index in [2.05, 4.69) is 4.98 Å². The van der Waals surface area contributed by atoms with Crippen LogP contribution in [0.15, 0.2) is 12.3 Å². The Morgan fingerprint density at radius 2 is 1.94 bits per heavy atom. The van der Waals surface area contributed by atoms with Gasteiger partial charge in [-0.1, -0.05) is 0 Å². The van der Waals surface area contributed by atoms with Crippen LogP contribution in [0, 0.1) is 0 Å². The van der Waals surface area contributed by atoms with E-state index >= 15 is 0 Å². The molecule has 1 rings (SSSR count). The summed E-state index contributed by atoms with van der Waals surface area (Å²) in [6.07, 6.45) is 1.43. The SMILES string of the molecule is CCOC(=O)c1cc(C(=O)OC(C)(C)C)c[nH]1. The third-order valence-corrected chi connectivity index (χ3v) is 1.81. The van der Waals surface area contributed by atoms with Gasteiger partial charge in [0.2, 0.25) is 0 Å². The number of carbonyl (C=O) groups is 2. The van der Waals surface area contributed by atoms with E-state index in [9.17, 15) is 9.59 Å². The van der Waals surface area contributed by atoms with Gasteiger partial charge in [-0.05, 0) is 33.8 Å². The average molecular weight is 239 g/mol. The van der Waals surface area contributed by atoms with Crippen molar-refractivity contribution in [3.05, 3.63) is 23.5 Å². The first-order valence-electron chi connectivity index (χ1n) is 5.42. The summed E-state index contributed by atoms with van der Waals surface area (Å²) in [4.78, 5) is 25.7. The molecule has 0 saturated carbocycles. The molecule has 1 N–H and O–H groups in total. The van der Waals surface area contributed by atoms with Crippen molar-refractivity contribution in [2.45, 2.75) is 33.3 Å². The van der Waals surface area contributed by atoms with Crippen molar-refractivity contribution >= 4 is 11.9 Å². The molecule has 0 bridgehead atoms. The summed E-state index contributed by atoms with van der Waals surface area (Å²) in [5.41, 5.74) is -0.00554. The van der Waals surface area contributed by atoms with Crippen LogP contribution in [0.3, 0.4) is 0 Å². The van der Waals surface area contributed by atoms with E-state index in [1.807, 2.05) is 0 Å². The smallest absolute Gasteiger partial charge is 0.354 e. The molecule has 0 radical (unpaired) electrons. The van der Waals surface area contributed by atoms with E-state index in [0.29, 0.717) is 12.2 Å². The lowest BCUT2D eigenvalue weighted by Gasteiger charge is -2.18. The fourth-order valence-electron chi connectivity index (χ4n) is 1.18. The van der Waals surface area contributed by atoms with Crippen LogP contribution in [0.4, 0.5) is 0 Å². The molecule has 1 aromatic heterocycles. The van der Waals surface area contributed by atoms with Crippen LogP contribution in [-0.4, -0.2) is 29.1 Å². The van der Waals surface area contributed by atoms with Crippen molar-refractivity contribution in [3.63, 3.8) is 0 Å². The monoisotopic (exact) mass is 239 g/mol. The summed E-state index contributed by atoms with van der Waals surface area (Å²) in [6.45, 7) is 7.35. The molecule has 5 heteroatoms. The first-order chi connectivity index (χ1) is 7.83. The highest BCUT2D eigenvalue weighted by Gasteiger charge is 2.20. The number of aromatic nitrogens is 1. The quantitative estimate of drug-likeness (QED) is 0.820. The highest BCUT2D eigenvalue weighted by Crippen LogP contribution is 2.13. The van der Waals surface area contributed by atoms with Gasteiger partial charge >= 0.3 is 11.9 Å². The van der Waals surface area contributed by atoms with Crippen LogP contribution in [0.5, 0.6) is 0 Å². The van der Waals surface area contributed by atoms with Crippen LogP contribution in [0.2, 0.25) is 0 Å². The number of carbonyl (C=O) groups excluding carboxylic acids is 2. The second kappa shape index (κ2) is 5.03. The molecule has 0 spiro atoms. The lowest BCUT2D eigenvalue weighted by Crippen LogP contribution is -2.23. The van der Waals surface area contributed by atoms with E-state index in [-0.39, 0.29) is 5.69 Å². The molecule has 0 saturated heterocycles. The van der Waals surface area contributed by atoms with Gasteiger partial charge in [0.15, 0.2) is 0 Å². The zero-order valence-corrected chi connectivity index (χ0v) is 10.5. The number of esters is 2. The Kier molecular flexibility index (Phi) is 3.93. The van der Waals surface area contributed by atoms with Crippen LogP contribution in [0.1, 0.15) is 48.5 Å². The predicted molar refractivity (Wildman–Crippen MR) is 61.9 cm³/mol. The zero-order valence-electron chi connectivity index (χ0n) is 10.5. The molecule has 0 atom stereocenters. The van der Waals surface area contributed by atoms with E-state index in [1.165, 1.54) is 12.3 Å². The summed E-state index contributed by atoms with van der Waals surface area (Å²) < 4.78 is 9.97. The van der Waals surface area contributed by atoms with Crippen molar-refractivity contribution in [2.24, 2.45) is 0 Å². The lowest BCUT2D eigenvalue weighted by molar-refractivity contribution is 0.00697. The maximum absolute atomic E-state index is 11.7. The van der Waals surface area contributed by atoms with Gasteiger partial charge in [-0.2, -0.15) is 0 Å². The van der Waals surface area contributed by atoms with Gasteiger partial charge in [0.05, 0.1) is 12.2 Å². The van der Waals surface area contributed by atoms with Gasteiger partial charge in [-0.15, -0.1) is 0 Å². The fraction of sp³-hybridized carbons (Fsp3) is 0.500. The number of H-pyrrole nitrogens is 1. The van der Waals surface area contributed by atoms with Gasteiger partial charge in [0.1, 0.15) is 11.3 Å². The van der Waals surface area contributed by atoms with Crippen LogP contribution in [-0.2, 0) is 9.47 Å². The summed E-state index contributed by atoms with van der Waals surface area (Å²) in [5, 5.41) is 0. The van der Waals surface area contributed by atoms with Gasteiger partial charge < -0.3 is 14.5 Å². The number of hydrogen-bond acceptors (Lipinski definition) is 4. The normalized spacial score (nSPS) is 11.1. The van der Waals surface area contributed by atoms with E-state index in [4.69, 9.17) is 9.47 Å². The van der Waals surface area contributed by atoms with Gasteiger partial charge in [0, 0.05) is 6.20 Å². The Bertz CT molecular complexity index is 414. The van der Waals surface area contributed by atoms with Crippen LogP contribution in [0.25, 0.3) is 0 Å². The highest BCUT2D eigenvalue weighted by atomic mass is 16.6. The van der Waals surface area contributed by atoms with Crippen molar-refractivity contribution in [2.75, 3.05) is 6.61 Å². The Morgan fingerprint density at radius 1 is 1.29 bits per heavy atom. The molecule has 0 aliphatic rings. The molecular formula is C12H17NO4. The Balaban J connectivity index is 2.74. The van der Waals surface area contributed by atoms with E-state index in [1.54, 1.807) is 27.7 Å². The van der Waals surface area contributed by atoms with Crippen LogP contribution < -0.4 is 0 Å². The maximum atomic E-state index is 11.7. The number of hydrogen-bond donors (Lipinski definition) is 1. The van der Waals surface area contributed by atoms with Crippen molar-refractivity contribution in [3.8, 4) is 0 Å². The van der Waals surface area contributed by atoms with Crippen molar-refractivity contribution in [1.29, 1.82) is 0 Å². The minimum atomic E-state index is -0.557. The van der Waals surface area contributed by atoms with Crippen molar-refractivity contribution < 1.29 is 19.1 Å². The molecule has 0 amide bonds. The first kappa shape index (κ1) is 13.3. The third kappa shape index (κ3) is 3.94. The first-order valence-corrected chi connectivity index (χ1v) is 5.42. The molecule has 0 unspecified atom stereocenters. The lowest BCUT2D eigenvalue weighted by atomic mass is 10.2. The molecule has 0 aromatic carbocycles. The topological polar surface area (TPSA) is 68.4 Å². The summed E-state index contributed by atoms with van der Waals surface area (Å²) in [7, 11) is 0. The number of rotatable bonds is 3. The highest BCUT2D eigenvalue weighted by molar-refractivity contribution is 5.94. The van der Waals surface area contributed by atoms with Crippen LogP contribution >= 0.6 is 0 Å². The Labute approximate surface area is 100 Å². The predicted octanol–water partition coefficient (Wildman–Crippen LogP) is 2.15. The maximum Gasteiger partial charge on any atom is 0.354 e. The molecule has 0 aliphatic heterocycles. The minimum Gasteiger partial charge on any atom is -0.461 e. The molecule has 1 heterocycles. The molecular weight excluding hydrogens is 222 g/mol. The Hall–Kier alpha value is -1.78. The second-order valence-electron chi connectivity index (χ2n) is 4.52. The van der Waals surface area contributed by atoms with E-state index < -0.39 is 17.5 Å². The van der Waals surface area contributed by atoms with Gasteiger partial charge in [-0.3, -0.25) is 0 Å². The molecule has 94 valence electrons. The average Bonchev–Trinajstić information content (AvgIpc) is 2.63. The second-order valence-corrected chi connectivity index (χ2v) is 4.52. The molecule has 5 nitrogen and oxygen atoms in total. The summed E-state index contributed by atoms with van der Waals surface area (Å²) in [5.74, 6) is -0.952. The summed E-state index contributed by atoms with van der Waals surface area (Å²) >= 11 is 0. The number of nitrogens with one attached hydrogen (secondary N) is 1. The van der Waals surface area contributed by atoms with Crippen molar-refractivity contribution in [1.82, 2.24) is 4.98 Å². The number of ether oxygens (including phenoxy) is 2. The zero-order chi connectivity index (χ0) is 13.1. The largest absolute Gasteiger partial charge is 0.461 e. The van der Waals surface area contributed by atoms with Gasteiger partial charge in [-0.25, -0.2) is 9.59 Å². The molecule has 0 aliphatic carbocycles. The summed E-state index contributed by atoms with van der Waals surface area (Å²) in [6, 6.07) is 1.42. The van der Waals surface area contributed by atoms with Gasteiger partial charge in [0.25, 0.3) is 0 Å². The molecule has 17 heavy (non-hydrogen) atoms. The van der Waals surface area contributed by atoms with E-state index in [0.717, 1.165) is 0 Å². The fourth-order valence-corrected chi connectivity index (χ4v) is 1.18. The molecule has 0 fully saturated rings. The number of aromatic amines is 1. The molecule has 1 aromatic rings. The standard InChI is InChI=1S/C12H17NO4/c1-5-16-11(15)9-6-8(7-13-9)10(14)17-12(2,3)4/h6-7,13H,5H2,1-4H3. The Morgan fingerprint density at radius 3 is 2.47 bits per heavy atom. The minimum absolute atomic E-state index is 0.243.